The van der Waals surface area contributed by atoms with Crippen LogP contribution in [0.25, 0.3) is 10.8 Å². The standard InChI is InChI=1S/C50H60N2O10/c1-3-27-59-50-46(52(49(56)57-2)23-28-58-29-26-55)33-44(51-60-34-35-13-5-4-6-14-35)42-31-38(17-9-11-24-53)41(18-10-12-25-54)47(48(42)50)43-32-40(21-22-45(43)62-50)61-39-20-19-36-15-7-8-16-37(36)30-39/h3-8,13-16,19-22,30-32,38,41,46-48,53-55H,1,9-12,17-18,23-29,33-34H2,2H3. The van der Waals surface area contributed by atoms with E-state index in [0.29, 0.717) is 35.8 Å². The predicted molar refractivity (Wildman–Crippen MR) is 237 cm³/mol. The van der Waals surface area contributed by atoms with E-state index in [0.717, 1.165) is 53.2 Å². The third-order valence-electron chi connectivity index (χ3n) is 12.3. The van der Waals surface area contributed by atoms with Gasteiger partial charge in [0.05, 0.1) is 45.2 Å². The molecule has 1 aliphatic heterocycles. The highest BCUT2D eigenvalue weighted by Gasteiger charge is 2.65. The Balaban J connectivity index is 1.41. The summed E-state index contributed by atoms with van der Waals surface area (Å²) in [5.41, 5.74) is 3.49. The van der Waals surface area contributed by atoms with Crippen molar-refractivity contribution in [3.05, 3.63) is 126 Å². The molecule has 0 radical (unpaired) electrons. The molecule has 4 aromatic carbocycles. The first-order valence-electron chi connectivity index (χ1n) is 21.9. The zero-order valence-corrected chi connectivity index (χ0v) is 35.6. The lowest BCUT2D eigenvalue weighted by Gasteiger charge is -2.59. The number of oxime groups is 1. The largest absolute Gasteiger partial charge is 0.459 e. The number of aliphatic hydroxyl groups is 3. The third-order valence-corrected chi connectivity index (χ3v) is 12.3. The number of aliphatic hydroxyl groups excluding tert-OH is 3. The molecule has 62 heavy (non-hydrogen) atoms. The van der Waals surface area contributed by atoms with Crippen molar-refractivity contribution in [2.75, 3.05) is 53.3 Å². The summed E-state index contributed by atoms with van der Waals surface area (Å²) >= 11 is 0. The van der Waals surface area contributed by atoms with E-state index in [2.05, 4.69) is 36.9 Å². The van der Waals surface area contributed by atoms with Crippen molar-refractivity contribution in [1.82, 2.24) is 4.90 Å². The van der Waals surface area contributed by atoms with Gasteiger partial charge in [0.15, 0.2) is 0 Å². The van der Waals surface area contributed by atoms with Crippen LogP contribution in [0.2, 0.25) is 0 Å². The fraction of sp³-hybridized carbons (Fsp3) is 0.440. The number of hydrogen-bond acceptors (Lipinski definition) is 11. The molecular formula is C50H60N2O10. The van der Waals surface area contributed by atoms with Crippen molar-refractivity contribution in [3.63, 3.8) is 0 Å². The Morgan fingerprint density at radius 2 is 1.63 bits per heavy atom. The number of allylic oxidation sites excluding steroid dienone is 1. The summed E-state index contributed by atoms with van der Waals surface area (Å²) in [6.07, 6.45) is 8.13. The van der Waals surface area contributed by atoms with Crippen molar-refractivity contribution in [2.24, 2.45) is 22.9 Å². The summed E-state index contributed by atoms with van der Waals surface area (Å²) in [5.74, 6) is -0.170. The summed E-state index contributed by atoms with van der Waals surface area (Å²) < 4.78 is 32.1. The van der Waals surface area contributed by atoms with E-state index in [9.17, 15) is 20.1 Å². The second-order valence-corrected chi connectivity index (χ2v) is 16.1. The van der Waals surface area contributed by atoms with Crippen LogP contribution in [-0.4, -0.2) is 97.1 Å². The number of methoxy groups -OCH3 is 1. The maximum Gasteiger partial charge on any atom is 0.410 e. The van der Waals surface area contributed by atoms with Gasteiger partial charge in [0, 0.05) is 37.7 Å². The molecule has 1 amide bonds. The fourth-order valence-electron chi connectivity index (χ4n) is 9.66. The summed E-state index contributed by atoms with van der Waals surface area (Å²) in [7, 11) is 1.35. The average Bonchev–Trinajstić information content (AvgIpc) is 3.30. The van der Waals surface area contributed by atoms with Crippen molar-refractivity contribution in [3.8, 4) is 17.2 Å². The molecule has 1 saturated carbocycles. The van der Waals surface area contributed by atoms with Gasteiger partial charge in [-0.25, -0.2) is 4.79 Å². The van der Waals surface area contributed by atoms with Crippen molar-refractivity contribution >= 4 is 22.6 Å². The SMILES string of the molecule is C=CCOC12Oc3ccc(Oc4ccc5ccccc5c4)cc3C3C(CCCCO)C(CCCCO)C=C(C(=NOCc4ccccc4)CC1N(CCOCCO)C(=O)OC)C32. The molecular weight excluding hydrogens is 789 g/mol. The van der Waals surface area contributed by atoms with Crippen molar-refractivity contribution in [1.29, 1.82) is 0 Å². The van der Waals surface area contributed by atoms with E-state index in [-0.39, 0.29) is 77.0 Å². The van der Waals surface area contributed by atoms with E-state index in [4.69, 9.17) is 33.7 Å². The second kappa shape index (κ2) is 21.7. The minimum absolute atomic E-state index is 0.0315. The first-order chi connectivity index (χ1) is 30.4. The summed E-state index contributed by atoms with van der Waals surface area (Å²) in [4.78, 5) is 21.8. The molecule has 2 aliphatic carbocycles. The Hall–Kier alpha value is -5.24. The number of ether oxygens (including phenoxy) is 5. The Labute approximate surface area is 364 Å². The van der Waals surface area contributed by atoms with Gasteiger partial charge in [-0.05, 0) is 89.8 Å². The number of unbranched alkanes of at least 4 members (excludes halogenated alkanes) is 2. The van der Waals surface area contributed by atoms with Crippen molar-refractivity contribution in [2.45, 2.75) is 69.3 Å². The minimum Gasteiger partial charge on any atom is -0.459 e. The number of amides is 1. The molecule has 0 saturated heterocycles. The molecule has 0 spiro atoms. The van der Waals surface area contributed by atoms with E-state index in [1.54, 1.807) is 11.0 Å². The van der Waals surface area contributed by atoms with Gasteiger partial charge in [-0.2, -0.15) is 0 Å². The topological polar surface area (TPSA) is 149 Å². The lowest BCUT2D eigenvalue weighted by Crippen LogP contribution is -2.70. The van der Waals surface area contributed by atoms with Gasteiger partial charge in [-0.1, -0.05) is 90.8 Å². The Kier molecular flexibility index (Phi) is 15.7. The van der Waals surface area contributed by atoms with Gasteiger partial charge in [0.1, 0.15) is 29.9 Å². The second-order valence-electron chi connectivity index (χ2n) is 16.1. The first-order valence-corrected chi connectivity index (χ1v) is 21.9. The third kappa shape index (κ3) is 10.0. The average molecular weight is 849 g/mol. The normalized spacial score (nSPS) is 23.1. The number of fused-ring (bicyclic) bond motifs is 3. The van der Waals surface area contributed by atoms with E-state index < -0.39 is 23.8 Å². The Bertz CT molecular complexity index is 2160. The molecule has 12 heteroatoms. The quantitative estimate of drug-likeness (QED) is 0.0399. The van der Waals surface area contributed by atoms with Crippen LogP contribution >= 0.6 is 0 Å². The van der Waals surface area contributed by atoms with E-state index in [1.807, 2.05) is 66.7 Å². The lowest BCUT2D eigenvalue weighted by atomic mass is 9.55. The highest BCUT2D eigenvalue weighted by molar-refractivity contribution is 6.03. The smallest absolute Gasteiger partial charge is 0.410 e. The molecule has 0 bridgehead atoms. The molecule has 6 atom stereocenters. The monoisotopic (exact) mass is 848 g/mol. The van der Waals surface area contributed by atoms with E-state index in [1.165, 1.54) is 7.11 Å². The number of nitrogens with zero attached hydrogens (tertiary/aromatic N) is 2. The van der Waals surface area contributed by atoms with Gasteiger partial charge in [0.25, 0.3) is 0 Å². The zero-order chi connectivity index (χ0) is 43.3. The van der Waals surface area contributed by atoms with Crippen LogP contribution in [0, 0.1) is 17.8 Å². The van der Waals surface area contributed by atoms with Crippen LogP contribution in [0.1, 0.15) is 62.0 Å². The van der Waals surface area contributed by atoms with Crippen molar-refractivity contribution < 1.29 is 48.6 Å². The highest BCUT2D eigenvalue weighted by Crippen LogP contribution is 2.62. The molecule has 4 aromatic rings. The zero-order valence-electron chi connectivity index (χ0n) is 35.6. The minimum atomic E-state index is -1.46. The van der Waals surface area contributed by atoms with Crippen LogP contribution in [0.15, 0.2) is 120 Å². The van der Waals surface area contributed by atoms with Gasteiger partial charge in [-0.15, -0.1) is 6.58 Å². The van der Waals surface area contributed by atoms with Crippen LogP contribution in [0.5, 0.6) is 17.2 Å². The molecule has 330 valence electrons. The van der Waals surface area contributed by atoms with Crippen LogP contribution in [0.3, 0.4) is 0 Å². The van der Waals surface area contributed by atoms with Gasteiger partial charge in [0.2, 0.25) is 5.79 Å². The number of carbonyl (C=O) groups is 1. The van der Waals surface area contributed by atoms with E-state index >= 15 is 0 Å². The Morgan fingerprint density at radius 3 is 2.39 bits per heavy atom. The maximum absolute atomic E-state index is 14.0. The predicted octanol–water partition coefficient (Wildman–Crippen LogP) is 8.54. The molecule has 7 rings (SSSR count). The highest BCUT2D eigenvalue weighted by atomic mass is 16.7. The molecule has 1 heterocycles. The number of rotatable bonds is 22. The molecule has 12 nitrogen and oxygen atoms in total. The van der Waals surface area contributed by atoms with Crippen LogP contribution in [-0.2, 0) is 25.7 Å². The summed E-state index contributed by atoms with van der Waals surface area (Å²) in [6, 6.07) is 29.2. The van der Waals surface area contributed by atoms with Gasteiger partial charge < -0.3 is 43.8 Å². The van der Waals surface area contributed by atoms with Crippen LogP contribution in [0.4, 0.5) is 4.79 Å². The lowest BCUT2D eigenvalue weighted by molar-refractivity contribution is -0.255. The number of hydrogen-bond donors (Lipinski definition) is 3. The first kappa shape index (κ1) is 44.8. The molecule has 0 aromatic heterocycles. The molecule has 3 aliphatic rings. The fourth-order valence-corrected chi connectivity index (χ4v) is 9.66. The van der Waals surface area contributed by atoms with Crippen LogP contribution < -0.4 is 9.47 Å². The molecule has 6 unspecified atom stereocenters. The maximum atomic E-state index is 14.0. The summed E-state index contributed by atoms with van der Waals surface area (Å²) in [6.45, 7) is 4.73. The molecule has 1 fully saturated rings. The van der Waals surface area contributed by atoms with Gasteiger partial charge in [-0.3, -0.25) is 4.90 Å². The summed E-state index contributed by atoms with van der Waals surface area (Å²) in [5, 5.41) is 36.5. The number of carbonyl (C=O) groups excluding carboxylic acids is 1. The number of benzene rings is 4. The Morgan fingerprint density at radius 1 is 0.887 bits per heavy atom. The molecule has 3 N–H and O–H groups in total. The van der Waals surface area contributed by atoms with Gasteiger partial charge >= 0.3 is 6.09 Å².